The van der Waals surface area contributed by atoms with Crippen molar-refractivity contribution in [3.63, 3.8) is 0 Å². The van der Waals surface area contributed by atoms with Crippen LogP contribution in [0.3, 0.4) is 0 Å². The maximum absolute atomic E-state index is 5.95. The average molecular weight is 655 g/mol. The van der Waals surface area contributed by atoms with Crippen molar-refractivity contribution in [3.8, 4) is 23.0 Å². The number of hydrogen-bond acceptors (Lipinski definition) is 8. The molecule has 2 fully saturated rings. The first-order valence-corrected chi connectivity index (χ1v) is 17.0. The van der Waals surface area contributed by atoms with Gasteiger partial charge >= 0.3 is 0 Å². The lowest BCUT2D eigenvalue weighted by atomic mass is 10.0. The molecule has 0 spiro atoms. The van der Waals surface area contributed by atoms with Gasteiger partial charge in [-0.2, -0.15) is 0 Å². The lowest BCUT2D eigenvalue weighted by Crippen LogP contribution is -2.18. The molecule has 2 aliphatic rings. The second-order valence-corrected chi connectivity index (χ2v) is 12.3. The Morgan fingerprint density at radius 2 is 0.812 bits per heavy atom. The van der Waals surface area contributed by atoms with Crippen molar-refractivity contribution in [2.75, 3.05) is 39.6 Å². The molecule has 2 aliphatic heterocycles. The fourth-order valence-corrected chi connectivity index (χ4v) is 5.11. The van der Waals surface area contributed by atoms with E-state index in [1.165, 1.54) is 22.3 Å². The number of unbranched alkanes of at least 4 members (excludes halogenated alkanes) is 1. The number of hydrogen-bond donors (Lipinski definition) is 0. The molecule has 0 N–H and O–H groups in total. The molecule has 0 radical (unpaired) electrons. The zero-order chi connectivity index (χ0) is 33.0. The lowest BCUT2D eigenvalue weighted by molar-refractivity contribution is -0.0804. The van der Waals surface area contributed by atoms with E-state index in [0.29, 0.717) is 26.4 Å². The number of benzene rings is 4. The van der Waals surface area contributed by atoms with E-state index < -0.39 is 0 Å². The number of epoxide rings is 2. The van der Waals surface area contributed by atoms with Gasteiger partial charge in [0, 0.05) is 0 Å². The second kappa shape index (κ2) is 17.4. The molecule has 2 saturated heterocycles. The van der Waals surface area contributed by atoms with Crippen molar-refractivity contribution in [1.29, 1.82) is 0 Å². The molecular formula is C40H46O8. The molecule has 8 nitrogen and oxygen atoms in total. The van der Waals surface area contributed by atoms with E-state index in [0.717, 1.165) is 61.9 Å². The Balaban J connectivity index is 0.801. The summed E-state index contributed by atoms with van der Waals surface area (Å²) in [5, 5.41) is 0. The van der Waals surface area contributed by atoms with Gasteiger partial charge in [0.15, 0.2) is 12.6 Å². The predicted octanol–water partition coefficient (Wildman–Crippen LogP) is 7.39. The molecular weight excluding hydrogens is 608 g/mol. The van der Waals surface area contributed by atoms with Gasteiger partial charge in [0.1, 0.15) is 48.4 Å². The second-order valence-electron chi connectivity index (χ2n) is 12.3. The van der Waals surface area contributed by atoms with Crippen molar-refractivity contribution in [2.24, 2.45) is 0 Å². The van der Waals surface area contributed by atoms with Gasteiger partial charge in [-0.05, 0) is 110 Å². The van der Waals surface area contributed by atoms with Gasteiger partial charge in [-0.25, -0.2) is 0 Å². The Morgan fingerprint density at radius 1 is 0.500 bits per heavy atom. The van der Waals surface area contributed by atoms with Crippen molar-refractivity contribution in [2.45, 2.75) is 64.3 Å². The zero-order valence-electron chi connectivity index (χ0n) is 27.9. The Hall–Kier alpha value is -4.08. The molecule has 4 atom stereocenters. The Morgan fingerprint density at radius 3 is 1.12 bits per heavy atom. The van der Waals surface area contributed by atoms with Crippen molar-refractivity contribution < 1.29 is 37.9 Å². The lowest BCUT2D eigenvalue weighted by Gasteiger charge is -2.17. The van der Waals surface area contributed by atoms with Crippen LogP contribution in [0.2, 0.25) is 0 Å². The summed E-state index contributed by atoms with van der Waals surface area (Å²) in [6.07, 6.45) is 3.29. The normalized spacial score (nSPS) is 17.7. The molecule has 0 saturated carbocycles. The quantitative estimate of drug-likeness (QED) is 0.0523. The third kappa shape index (κ3) is 11.9. The number of ether oxygens (including phenoxy) is 8. The van der Waals surface area contributed by atoms with Crippen LogP contribution in [0.25, 0.3) is 0 Å². The third-order valence-electron chi connectivity index (χ3n) is 8.03. The molecule has 4 unspecified atom stereocenters. The van der Waals surface area contributed by atoms with Crippen LogP contribution < -0.4 is 18.9 Å². The minimum Gasteiger partial charge on any atom is -0.491 e. The van der Waals surface area contributed by atoms with Crippen molar-refractivity contribution >= 4 is 0 Å². The largest absolute Gasteiger partial charge is 0.491 e. The first kappa shape index (κ1) is 33.8. The molecule has 4 aromatic rings. The fourth-order valence-electron chi connectivity index (χ4n) is 5.11. The molecule has 6 rings (SSSR count). The molecule has 0 bridgehead atoms. The topological polar surface area (TPSA) is 80.4 Å². The van der Waals surface area contributed by atoms with Crippen LogP contribution in [0, 0.1) is 0 Å². The van der Waals surface area contributed by atoms with E-state index in [1.54, 1.807) is 0 Å². The van der Waals surface area contributed by atoms with Crippen LogP contribution in [-0.4, -0.2) is 64.4 Å². The maximum Gasteiger partial charge on any atom is 0.196 e. The standard InChI is InChI=1S/C40H46O8/c1-29(47-37-17-9-33(10-18-37)23-31-5-13-35(14-6-31)43-25-39-27-45-39)41-21-3-4-22-42-30(2)48-38-19-11-34(12-20-38)24-32-7-15-36(16-8-32)44-26-40-28-46-40/h5-20,29-30,39-40H,3-4,21-28H2,1-2H3. The van der Waals surface area contributed by atoms with Gasteiger partial charge in [0.2, 0.25) is 0 Å². The van der Waals surface area contributed by atoms with Crippen molar-refractivity contribution in [1.82, 2.24) is 0 Å². The van der Waals surface area contributed by atoms with Gasteiger partial charge in [-0.3, -0.25) is 0 Å². The maximum atomic E-state index is 5.95. The van der Waals surface area contributed by atoms with Crippen LogP contribution in [0.15, 0.2) is 97.1 Å². The van der Waals surface area contributed by atoms with E-state index in [-0.39, 0.29) is 24.8 Å². The molecule has 8 heteroatoms. The summed E-state index contributed by atoms with van der Waals surface area (Å²) in [7, 11) is 0. The highest BCUT2D eigenvalue weighted by Crippen LogP contribution is 2.22. The summed E-state index contributed by atoms with van der Waals surface area (Å²) in [5.74, 6) is 3.33. The minimum atomic E-state index is -0.337. The van der Waals surface area contributed by atoms with Gasteiger partial charge in [0.05, 0.1) is 26.4 Å². The van der Waals surface area contributed by atoms with E-state index in [4.69, 9.17) is 37.9 Å². The summed E-state index contributed by atoms with van der Waals surface area (Å²) in [5.41, 5.74) is 4.90. The molecule has 0 amide bonds. The SMILES string of the molecule is CC(OCCCCOC(C)Oc1ccc(Cc2ccc(OCC3CO3)cc2)cc1)Oc1ccc(Cc2ccc(OCC3CO3)cc2)cc1. The average Bonchev–Trinajstić information content (AvgIpc) is 4.04. The molecule has 48 heavy (non-hydrogen) atoms. The highest BCUT2D eigenvalue weighted by atomic mass is 16.7. The highest BCUT2D eigenvalue weighted by molar-refractivity contribution is 5.35. The Kier molecular flexibility index (Phi) is 12.2. The number of rotatable bonds is 21. The Labute approximate surface area is 283 Å². The van der Waals surface area contributed by atoms with Gasteiger partial charge in [-0.15, -0.1) is 0 Å². The van der Waals surface area contributed by atoms with E-state index in [1.807, 2.05) is 62.4 Å². The van der Waals surface area contributed by atoms with Crippen LogP contribution in [0.1, 0.15) is 48.9 Å². The van der Waals surface area contributed by atoms with Crippen molar-refractivity contribution in [3.05, 3.63) is 119 Å². The summed E-state index contributed by atoms with van der Waals surface area (Å²) in [6, 6.07) is 32.8. The zero-order valence-corrected chi connectivity index (χ0v) is 27.9. The molecule has 0 aromatic heterocycles. The van der Waals surface area contributed by atoms with Crippen LogP contribution in [0.5, 0.6) is 23.0 Å². The minimum absolute atomic E-state index is 0.263. The molecule has 4 aromatic carbocycles. The third-order valence-corrected chi connectivity index (χ3v) is 8.03. The molecule has 2 heterocycles. The predicted molar refractivity (Wildman–Crippen MR) is 183 cm³/mol. The van der Waals surface area contributed by atoms with Gasteiger partial charge < -0.3 is 37.9 Å². The van der Waals surface area contributed by atoms with Gasteiger partial charge in [-0.1, -0.05) is 48.5 Å². The Bertz CT molecular complexity index is 1380. The van der Waals surface area contributed by atoms with E-state index in [2.05, 4.69) is 48.5 Å². The van der Waals surface area contributed by atoms with Crippen LogP contribution in [-0.2, 0) is 31.8 Å². The van der Waals surface area contributed by atoms with E-state index in [9.17, 15) is 0 Å². The molecule has 0 aliphatic carbocycles. The first-order chi connectivity index (χ1) is 23.5. The highest BCUT2D eigenvalue weighted by Gasteiger charge is 2.23. The first-order valence-electron chi connectivity index (χ1n) is 17.0. The fraction of sp³-hybridized carbons (Fsp3) is 0.400. The van der Waals surface area contributed by atoms with Gasteiger partial charge in [0.25, 0.3) is 0 Å². The van der Waals surface area contributed by atoms with E-state index >= 15 is 0 Å². The summed E-state index contributed by atoms with van der Waals surface area (Å²) >= 11 is 0. The van der Waals surface area contributed by atoms with Crippen LogP contribution in [0.4, 0.5) is 0 Å². The summed E-state index contributed by atoms with van der Waals surface area (Å²) in [6.45, 7) is 7.88. The molecule has 254 valence electrons. The van der Waals surface area contributed by atoms with Crippen LogP contribution >= 0.6 is 0 Å². The summed E-state index contributed by atoms with van der Waals surface area (Å²) in [4.78, 5) is 0. The smallest absolute Gasteiger partial charge is 0.196 e. The monoisotopic (exact) mass is 654 g/mol. The summed E-state index contributed by atoms with van der Waals surface area (Å²) < 4.78 is 45.5.